The topological polar surface area (TPSA) is 123 Å². The number of benzene rings is 1. The summed E-state index contributed by atoms with van der Waals surface area (Å²) in [6, 6.07) is 4.75. The van der Waals surface area contributed by atoms with Gasteiger partial charge in [-0.15, -0.1) is 5.10 Å². The number of nitrogens with one attached hydrogen (secondary N) is 2. The minimum absolute atomic E-state index is 0.0509. The molecule has 1 heterocycles. The number of nitrogens with two attached hydrogens (primary N) is 1. The van der Waals surface area contributed by atoms with Crippen molar-refractivity contribution in [2.45, 2.75) is 17.8 Å². The number of rotatable bonds is 5. The molecule has 0 aliphatic heterocycles. The van der Waals surface area contributed by atoms with Crippen LogP contribution in [0, 0.1) is 17.0 Å². The zero-order chi connectivity index (χ0) is 13.8. The van der Waals surface area contributed by atoms with Crippen molar-refractivity contribution in [2.75, 3.05) is 5.43 Å². The molecule has 0 amide bonds. The molecule has 19 heavy (non-hydrogen) atoms. The van der Waals surface area contributed by atoms with Crippen molar-refractivity contribution >= 4 is 23.1 Å². The molecule has 0 fully saturated rings. The molecule has 1 aromatic heterocycles. The SMILES string of the molecule is Cc1nc(SCc2ccc([N+](=O)[O-])c(NN)c2)n[nH]1. The number of hydrazine groups is 1. The van der Waals surface area contributed by atoms with E-state index >= 15 is 0 Å². The molecule has 100 valence electrons. The number of nitrogen functional groups attached to an aromatic ring is 1. The number of aryl methyl sites for hydroxylation is 1. The Labute approximate surface area is 112 Å². The van der Waals surface area contributed by atoms with E-state index in [9.17, 15) is 10.1 Å². The Bertz CT molecular complexity index is 599. The maximum atomic E-state index is 10.8. The summed E-state index contributed by atoms with van der Waals surface area (Å²) in [5.74, 6) is 6.62. The minimum Gasteiger partial charge on any atom is -0.318 e. The highest BCUT2D eigenvalue weighted by Gasteiger charge is 2.13. The van der Waals surface area contributed by atoms with Crippen molar-refractivity contribution < 1.29 is 4.92 Å². The molecular formula is C10H12N6O2S. The van der Waals surface area contributed by atoms with E-state index in [4.69, 9.17) is 5.84 Å². The van der Waals surface area contributed by atoms with Gasteiger partial charge in [0, 0.05) is 11.8 Å². The normalized spacial score (nSPS) is 10.4. The van der Waals surface area contributed by atoms with E-state index in [1.807, 2.05) is 6.92 Å². The summed E-state index contributed by atoms with van der Waals surface area (Å²) in [5.41, 5.74) is 3.46. The number of anilines is 1. The second kappa shape index (κ2) is 5.67. The number of aromatic nitrogens is 3. The van der Waals surface area contributed by atoms with Gasteiger partial charge in [-0.2, -0.15) is 0 Å². The molecule has 0 unspecified atom stereocenters. The van der Waals surface area contributed by atoms with Gasteiger partial charge in [-0.25, -0.2) is 4.98 Å². The molecule has 1 aromatic carbocycles. The molecule has 8 nitrogen and oxygen atoms in total. The second-order valence-corrected chi connectivity index (χ2v) is 4.69. The van der Waals surface area contributed by atoms with Gasteiger partial charge >= 0.3 is 0 Å². The van der Waals surface area contributed by atoms with E-state index in [-0.39, 0.29) is 11.4 Å². The molecular weight excluding hydrogens is 268 g/mol. The molecule has 4 N–H and O–H groups in total. The van der Waals surface area contributed by atoms with Gasteiger partial charge in [0.05, 0.1) is 4.92 Å². The molecule has 0 saturated carbocycles. The highest BCUT2D eigenvalue weighted by molar-refractivity contribution is 7.98. The molecule has 2 rings (SSSR count). The number of hydrogen-bond acceptors (Lipinski definition) is 7. The first-order valence-corrected chi connectivity index (χ1v) is 6.34. The molecule has 0 aliphatic carbocycles. The molecule has 0 aliphatic rings. The van der Waals surface area contributed by atoms with Gasteiger partial charge in [0.2, 0.25) is 5.16 Å². The van der Waals surface area contributed by atoms with Gasteiger partial charge in [-0.1, -0.05) is 17.8 Å². The van der Waals surface area contributed by atoms with Crippen molar-refractivity contribution in [3.8, 4) is 0 Å². The van der Waals surface area contributed by atoms with Crippen LogP contribution in [-0.4, -0.2) is 20.1 Å². The Kier molecular flexibility index (Phi) is 3.97. The largest absolute Gasteiger partial charge is 0.318 e. The molecule has 0 atom stereocenters. The third kappa shape index (κ3) is 3.20. The van der Waals surface area contributed by atoms with E-state index in [0.717, 1.165) is 11.4 Å². The van der Waals surface area contributed by atoms with Crippen LogP contribution in [0.25, 0.3) is 0 Å². The fourth-order valence-corrected chi connectivity index (χ4v) is 2.27. The summed E-state index contributed by atoms with van der Waals surface area (Å²) >= 11 is 1.44. The molecule has 0 spiro atoms. The van der Waals surface area contributed by atoms with Crippen LogP contribution >= 0.6 is 11.8 Å². The van der Waals surface area contributed by atoms with Crippen LogP contribution in [0.2, 0.25) is 0 Å². The number of hydrogen-bond donors (Lipinski definition) is 3. The van der Waals surface area contributed by atoms with Gasteiger partial charge in [0.25, 0.3) is 5.69 Å². The smallest absolute Gasteiger partial charge is 0.293 e. The second-order valence-electron chi connectivity index (χ2n) is 3.75. The van der Waals surface area contributed by atoms with Crippen LogP contribution < -0.4 is 11.3 Å². The fourth-order valence-electron chi connectivity index (χ4n) is 1.48. The van der Waals surface area contributed by atoms with E-state index in [0.29, 0.717) is 10.9 Å². The lowest BCUT2D eigenvalue weighted by Gasteiger charge is -2.04. The van der Waals surface area contributed by atoms with E-state index in [1.165, 1.54) is 17.8 Å². The van der Waals surface area contributed by atoms with Crippen LogP contribution in [0.15, 0.2) is 23.4 Å². The van der Waals surface area contributed by atoms with Crippen LogP contribution in [-0.2, 0) is 5.75 Å². The summed E-state index contributed by atoms with van der Waals surface area (Å²) in [4.78, 5) is 14.4. The average molecular weight is 280 g/mol. The molecule has 0 bridgehead atoms. The van der Waals surface area contributed by atoms with Crippen molar-refractivity contribution in [1.82, 2.24) is 15.2 Å². The summed E-state index contributed by atoms with van der Waals surface area (Å²) < 4.78 is 0. The fraction of sp³-hybridized carbons (Fsp3) is 0.200. The van der Waals surface area contributed by atoms with Gasteiger partial charge < -0.3 is 5.43 Å². The maximum Gasteiger partial charge on any atom is 0.293 e. The summed E-state index contributed by atoms with van der Waals surface area (Å²) in [5, 5.41) is 18.1. The van der Waals surface area contributed by atoms with Crippen LogP contribution in [0.5, 0.6) is 0 Å². The highest BCUT2D eigenvalue weighted by Crippen LogP contribution is 2.27. The number of nitrogens with zero attached hydrogens (tertiary/aromatic N) is 3. The summed E-state index contributed by atoms with van der Waals surface area (Å²) in [7, 11) is 0. The Morgan fingerprint density at radius 1 is 1.58 bits per heavy atom. The van der Waals surface area contributed by atoms with Crippen molar-refractivity contribution in [2.24, 2.45) is 5.84 Å². The van der Waals surface area contributed by atoms with Gasteiger partial charge in [0.15, 0.2) is 0 Å². The number of H-pyrrole nitrogens is 1. The standard InChI is InChI=1S/C10H12N6O2S/c1-6-12-10(15-14-6)19-5-7-2-3-9(16(17)18)8(4-7)13-11/h2-4,13H,5,11H2,1H3,(H,12,14,15). The number of thioether (sulfide) groups is 1. The minimum atomic E-state index is -0.481. The molecule has 2 aromatic rings. The predicted octanol–water partition coefficient (Wildman–Crippen LogP) is 1.60. The van der Waals surface area contributed by atoms with Crippen molar-refractivity contribution in [3.63, 3.8) is 0 Å². The first-order valence-electron chi connectivity index (χ1n) is 5.36. The predicted molar refractivity (Wildman–Crippen MR) is 71.6 cm³/mol. The summed E-state index contributed by atoms with van der Waals surface area (Å²) in [6.07, 6.45) is 0. The van der Waals surface area contributed by atoms with Crippen molar-refractivity contribution in [1.29, 1.82) is 0 Å². The molecule has 0 saturated heterocycles. The maximum absolute atomic E-state index is 10.8. The Hall–Kier alpha value is -2.13. The molecule has 9 heteroatoms. The average Bonchev–Trinajstić information content (AvgIpc) is 2.81. The van der Waals surface area contributed by atoms with Crippen molar-refractivity contribution in [3.05, 3.63) is 39.7 Å². The van der Waals surface area contributed by atoms with Crippen LogP contribution in [0.4, 0.5) is 11.4 Å². The first-order chi connectivity index (χ1) is 9.10. The Morgan fingerprint density at radius 2 is 2.37 bits per heavy atom. The van der Waals surface area contributed by atoms with Gasteiger partial charge in [-0.05, 0) is 18.6 Å². The lowest BCUT2D eigenvalue weighted by atomic mass is 10.2. The monoisotopic (exact) mass is 280 g/mol. The quantitative estimate of drug-likeness (QED) is 0.329. The zero-order valence-corrected chi connectivity index (χ0v) is 10.9. The Balaban J connectivity index is 2.11. The van der Waals surface area contributed by atoms with E-state index in [2.05, 4.69) is 20.6 Å². The van der Waals surface area contributed by atoms with E-state index < -0.39 is 4.92 Å². The van der Waals surface area contributed by atoms with Gasteiger partial charge in [-0.3, -0.25) is 21.1 Å². The molecule has 0 radical (unpaired) electrons. The third-order valence-corrected chi connectivity index (χ3v) is 3.28. The van der Waals surface area contributed by atoms with Crippen LogP contribution in [0.3, 0.4) is 0 Å². The number of nitro benzene ring substituents is 1. The number of nitro groups is 1. The Morgan fingerprint density at radius 3 is 2.95 bits per heavy atom. The third-order valence-electron chi connectivity index (χ3n) is 2.36. The highest BCUT2D eigenvalue weighted by atomic mass is 32.2. The zero-order valence-electron chi connectivity index (χ0n) is 10.1. The lowest BCUT2D eigenvalue weighted by Crippen LogP contribution is -2.09. The van der Waals surface area contributed by atoms with E-state index in [1.54, 1.807) is 12.1 Å². The number of aromatic amines is 1. The van der Waals surface area contributed by atoms with Crippen LogP contribution in [0.1, 0.15) is 11.4 Å². The van der Waals surface area contributed by atoms with Gasteiger partial charge in [0.1, 0.15) is 11.5 Å². The summed E-state index contributed by atoms with van der Waals surface area (Å²) in [6.45, 7) is 1.82. The first kappa shape index (κ1) is 13.3. The lowest BCUT2D eigenvalue weighted by molar-refractivity contribution is -0.384.